The van der Waals surface area contributed by atoms with E-state index in [0.29, 0.717) is 17.2 Å². The van der Waals surface area contributed by atoms with Crippen LogP contribution in [0.5, 0.6) is 17.5 Å². The lowest BCUT2D eigenvalue weighted by atomic mass is 9.65. The lowest BCUT2D eigenvalue weighted by Crippen LogP contribution is -2.50. The number of carbonyl (C=O) groups excluding carboxylic acids is 1. The summed E-state index contributed by atoms with van der Waals surface area (Å²) in [7, 11) is 4.37. The number of hydrogen-bond acceptors (Lipinski definition) is 7. The molecule has 1 saturated carbocycles. The molecule has 1 aliphatic carbocycles. The van der Waals surface area contributed by atoms with Crippen LogP contribution in [0, 0.1) is 5.92 Å². The highest BCUT2D eigenvalue weighted by Crippen LogP contribution is 2.70. The maximum Gasteiger partial charge on any atom is 0.312 e. The number of aliphatic hydroxyl groups is 1. The molecule has 1 aliphatic heterocycles. The maximum atomic E-state index is 13.3. The molecule has 0 amide bonds. The molecule has 3 aromatic rings. The average Bonchev–Trinajstić information content (AvgIpc) is 3.26. The Bertz CT molecular complexity index is 1270. The van der Waals surface area contributed by atoms with Gasteiger partial charge in [0.15, 0.2) is 5.60 Å². The lowest BCUT2D eigenvalue weighted by molar-refractivity contribution is -0.149. The molecule has 0 spiro atoms. The number of aliphatic hydroxyl groups excluding tert-OH is 1. The molecule has 0 bridgehead atoms. The summed E-state index contributed by atoms with van der Waals surface area (Å²) in [6.07, 6.45) is -1.17. The number of fused-ring (bicyclic) bond motifs is 3. The van der Waals surface area contributed by atoms with E-state index in [4.69, 9.17) is 18.9 Å². The third kappa shape index (κ3) is 3.12. The monoisotopic (exact) mass is 539 g/mol. The zero-order chi connectivity index (χ0) is 25.0. The highest BCUT2D eigenvalue weighted by molar-refractivity contribution is 9.10. The second-order valence-corrected chi connectivity index (χ2v) is 9.89. The average molecular weight is 540 g/mol. The summed E-state index contributed by atoms with van der Waals surface area (Å²) in [5.41, 5.74) is -0.0690. The van der Waals surface area contributed by atoms with Crippen LogP contribution in [0.4, 0.5) is 0 Å². The number of esters is 1. The van der Waals surface area contributed by atoms with Crippen molar-refractivity contribution in [3.63, 3.8) is 0 Å². The van der Waals surface area contributed by atoms with E-state index in [1.807, 2.05) is 61.5 Å². The molecule has 7 nitrogen and oxygen atoms in total. The number of rotatable bonds is 5. The molecule has 0 saturated heterocycles. The number of halogens is 1. The normalized spacial score (nSPS) is 28.6. The van der Waals surface area contributed by atoms with Crippen molar-refractivity contribution in [3.05, 3.63) is 81.8 Å². The van der Waals surface area contributed by atoms with E-state index in [1.165, 1.54) is 21.3 Å². The minimum Gasteiger partial charge on any atom is -0.481 e. The molecule has 5 atom stereocenters. The number of nitrogens with zero attached hydrogens (tertiary/aromatic N) is 1. The Hall–Kier alpha value is -3.10. The van der Waals surface area contributed by atoms with Gasteiger partial charge in [-0.3, -0.25) is 4.79 Å². The van der Waals surface area contributed by atoms with E-state index in [0.717, 1.165) is 15.6 Å². The van der Waals surface area contributed by atoms with Crippen molar-refractivity contribution in [1.29, 1.82) is 0 Å². The van der Waals surface area contributed by atoms with Gasteiger partial charge in [-0.25, -0.2) is 0 Å². The third-order valence-corrected chi connectivity index (χ3v) is 8.05. The standard InChI is InChI=1S/C27H26BrNO6/c1-26-22-18(14-19(32-2)29-24(22)33-3)35-27(26,16-10-12-17(28)13-11-16)21(15-8-6-5-7-9-15)20(23(26)30)25(31)34-4/h5-14,20-21,23,30H,1-4H3/t20-,21-,23-,26-,27+/m1/s1. The van der Waals surface area contributed by atoms with Crippen LogP contribution in [0.25, 0.3) is 0 Å². The summed E-state index contributed by atoms with van der Waals surface area (Å²) >= 11 is 3.52. The van der Waals surface area contributed by atoms with Gasteiger partial charge >= 0.3 is 5.97 Å². The molecule has 182 valence electrons. The van der Waals surface area contributed by atoms with E-state index in [2.05, 4.69) is 20.9 Å². The highest BCUT2D eigenvalue weighted by Gasteiger charge is 2.76. The molecular formula is C27H26BrNO6. The number of aromatic nitrogens is 1. The summed E-state index contributed by atoms with van der Waals surface area (Å²) in [5, 5.41) is 12.0. The minimum absolute atomic E-state index is 0.275. The number of benzene rings is 2. The van der Waals surface area contributed by atoms with Gasteiger partial charge in [-0.15, -0.1) is 0 Å². The SMILES string of the molecule is COC(=O)[C@H]1[C@@H](O)[C@@]2(C)c3c(cc(OC)nc3OC)O[C@@]2(c2ccc(Br)cc2)[C@@H]1c1ccccc1. The van der Waals surface area contributed by atoms with Crippen LogP contribution in [-0.4, -0.2) is 43.5 Å². The molecule has 1 fully saturated rings. The van der Waals surface area contributed by atoms with Crippen molar-refractivity contribution < 1.29 is 28.8 Å². The van der Waals surface area contributed by atoms with Crippen molar-refractivity contribution in [2.45, 2.75) is 30.0 Å². The predicted octanol–water partition coefficient (Wildman–Crippen LogP) is 4.35. The Kier molecular flexibility index (Phi) is 5.76. The van der Waals surface area contributed by atoms with E-state index in [-0.39, 0.29) is 5.88 Å². The first-order valence-electron chi connectivity index (χ1n) is 11.2. The maximum absolute atomic E-state index is 13.3. The molecule has 2 aromatic carbocycles. The van der Waals surface area contributed by atoms with E-state index >= 15 is 0 Å². The van der Waals surface area contributed by atoms with Gasteiger partial charge in [0.2, 0.25) is 11.8 Å². The Morgan fingerprint density at radius 3 is 2.34 bits per heavy atom. The highest BCUT2D eigenvalue weighted by atomic mass is 79.9. The number of ether oxygens (including phenoxy) is 4. The molecule has 0 radical (unpaired) electrons. The molecule has 2 heterocycles. The van der Waals surface area contributed by atoms with Crippen molar-refractivity contribution >= 4 is 21.9 Å². The Morgan fingerprint density at radius 2 is 1.74 bits per heavy atom. The van der Waals surface area contributed by atoms with Crippen LogP contribution in [0.15, 0.2) is 65.1 Å². The molecule has 0 unspecified atom stereocenters. The number of hydrogen-bond donors (Lipinski definition) is 1. The summed E-state index contributed by atoms with van der Waals surface area (Å²) in [6.45, 7) is 1.90. The Morgan fingerprint density at radius 1 is 1.06 bits per heavy atom. The van der Waals surface area contributed by atoms with Crippen molar-refractivity contribution in [3.8, 4) is 17.5 Å². The molecule has 5 rings (SSSR count). The van der Waals surface area contributed by atoms with Gasteiger partial charge in [0.05, 0.1) is 44.3 Å². The van der Waals surface area contributed by atoms with Crippen LogP contribution in [-0.2, 0) is 20.5 Å². The quantitative estimate of drug-likeness (QED) is 0.482. The van der Waals surface area contributed by atoms with Gasteiger partial charge in [-0.05, 0) is 30.2 Å². The number of pyridine rings is 1. The summed E-state index contributed by atoms with van der Waals surface area (Å²) in [6, 6.07) is 19.1. The molecule has 8 heteroatoms. The van der Waals surface area contributed by atoms with Crippen molar-refractivity contribution in [1.82, 2.24) is 4.98 Å². The minimum atomic E-state index is -1.18. The fraction of sp³-hybridized carbons (Fsp3) is 0.333. The van der Waals surface area contributed by atoms with Gasteiger partial charge in [-0.2, -0.15) is 4.98 Å². The summed E-state index contributed by atoms with van der Waals surface area (Å²) in [5.74, 6) is -0.912. The van der Waals surface area contributed by atoms with E-state index in [1.54, 1.807) is 6.07 Å². The van der Waals surface area contributed by atoms with Gasteiger partial charge in [0.25, 0.3) is 0 Å². The largest absolute Gasteiger partial charge is 0.481 e. The first-order chi connectivity index (χ1) is 16.8. The lowest BCUT2D eigenvalue weighted by Gasteiger charge is -2.42. The smallest absolute Gasteiger partial charge is 0.312 e. The Balaban J connectivity index is 1.89. The molecule has 1 aromatic heterocycles. The van der Waals surface area contributed by atoms with E-state index < -0.39 is 34.9 Å². The second kappa shape index (κ2) is 8.53. The van der Waals surface area contributed by atoms with Gasteiger partial charge in [0.1, 0.15) is 5.75 Å². The summed E-state index contributed by atoms with van der Waals surface area (Å²) < 4.78 is 24.1. The van der Waals surface area contributed by atoms with Crippen LogP contribution in [0.1, 0.15) is 29.5 Å². The van der Waals surface area contributed by atoms with Gasteiger partial charge < -0.3 is 24.1 Å². The molecule has 1 N–H and O–H groups in total. The zero-order valence-electron chi connectivity index (χ0n) is 19.8. The topological polar surface area (TPSA) is 87.1 Å². The third-order valence-electron chi connectivity index (χ3n) is 7.52. The molecule has 2 aliphatic rings. The van der Waals surface area contributed by atoms with Crippen LogP contribution < -0.4 is 14.2 Å². The molecular weight excluding hydrogens is 514 g/mol. The van der Waals surface area contributed by atoms with Crippen LogP contribution in [0.3, 0.4) is 0 Å². The van der Waals surface area contributed by atoms with Gasteiger partial charge in [0, 0.05) is 16.5 Å². The fourth-order valence-electron chi connectivity index (χ4n) is 6.04. The Labute approximate surface area is 212 Å². The number of methoxy groups -OCH3 is 3. The second-order valence-electron chi connectivity index (χ2n) is 8.98. The molecule has 35 heavy (non-hydrogen) atoms. The first kappa shape index (κ1) is 23.6. The fourth-order valence-corrected chi connectivity index (χ4v) is 6.31. The first-order valence-corrected chi connectivity index (χ1v) is 12.0. The van der Waals surface area contributed by atoms with Crippen LogP contribution in [0.2, 0.25) is 0 Å². The number of carbonyl (C=O) groups is 1. The van der Waals surface area contributed by atoms with Crippen LogP contribution >= 0.6 is 15.9 Å². The zero-order valence-corrected chi connectivity index (χ0v) is 21.4. The summed E-state index contributed by atoms with van der Waals surface area (Å²) in [4.78, 5) is 17.8. The van der Waals surface area contributed by atoms with Crippen molar-refractivity contribution in [2.75, 3.05) is 21.3 Å². The predicted molar refractivity (Wildman–Crippen MR) is 132 cm³/mol. The van der Waals surface area contributed by atoms with E-state index in [9.17, 15) is 9.90 Å². The van der Waals surface area contributed by atoms with Gasteiger partial charge in [-0.1, -0.05) is 58.4 Å². The van der Waals surface area contributed by atoms with Crippen molar-refractivity contribution in [2.24, 2.45) is 5.92 Å².